The number of anilines is 1. The summed E-state index contributed by atoms with van der Waals surface area (Å²) in [7, 11) is 0. The van der Waals surface area contributed by atoms with Crippen molar-refractivity contribution in [2.24, 2.45) is 0 Å². The fourth-order valence-electron chi connectivity index (χ4n) is 2.45. The van der Waals surface area contributed by atoms with Crippen LogP contribution < -0.4 is 10.1 Å². The Morgan fingerprint density at radius 2 is 1.90 bits per heavy atom. The van der Waals surface area contributed by atoms with Crippen LogP contribution in [-0.4, -0.2) is 26.4 Å². The van der Waals surface area contributed by atoms with Crippen molar-refractivity contribution in [3.8, 4) is 5.75 Å². The van der Waals surface area contributed by atoms with Crippen LogP contribution >= 0.6 is 50.9 Å². The second kappa shape index (κ2) is 10.9. The van der Waals surface area contributed by atoms with Gasteiger partial charge in [0.25, 0.3) is 0 Å². The van der Waals surface area contributed by atoms with E-state index < -0.39 is 0 Å². The lowest BCUT2D eigenvalue weighted by atomic mass is 10.3. The van der Waals surface area contributed by atoms with Gasteiger partial charge in [0.1, 0.15) is 12.4 Å². The van der Waals surface area contributed by atoms with Crippen LogP contribution in [-0.2, 0) is 17.9 Å². The molecule has 0 aliphatic carbocycles. The molecule has 0 aliphatic rings. The van der Waals surface area contributed by atoms with Crippen molar-refractivity contribution in [3.05, 3.63) is 75.5 Å². The van der Waals surface area contributed by atoms with Crippen molar-refractivity contribution < 1.29 is 9.53 Å². The van der Waals surface area contributed by atoms with E-state index in [2.05, 4.69) is 38.0 Å². The molecule has 0 spiro atoms. The Hall–Kier alpha value is -2.00. The van der Waals surface area contributed by atoms with Crippen LogP contribution in [0.15, 0.2) is 64.7 Å². The van der Waals surface area contributed by atoms with E-state index in [1.807, 2.05) is 28.8 Å². The molecule has 1 amide bonds. The minimum atomic E-state index is -0.254. The van der Waals surface area contributed by atoms with Gasteiger partial charge >= 0.3 is 0 Å². The van der Waals surface area contributed by atoms with E-state index in [1.54, 1.807) is 24.3 Å². The molecule has 1 N–H and O–H groups in total. The van der Waals surface area contributed by atoms with Crippen molar-refractivity contribution in [2.75, 3.05) is 11.1 Å². The average molecular weight is 528 g/mol. The summed E-state index contributed by atoms with van der Waals surface area (Å²) in [6, 6.07) is 12.5. The molecule has 0 fully saturated rings. The summed E-state index contributed by atoms with van der Waals surface area (Å²) in [6.45, 7) is 4.51. The largest absolute Gasteiger partial charge is 0.486 e. The Bertz CT molecular complexity index is 1020. The van der Waals surface area contributed by atoms with Crippen molar-refractivity contribution >= 4 is 62.5 Å². The maximum Gasteiger partial charge on any atom is 0.234 e. The Labute approximate surface area is 196 Å². The highest BCUT2D eigenvalue weighted by Gasteiger charge is 2.15. The number of nitrogens with one attached hydrogen (secondary N) is 1. The molecule has 0 aliphatic heterocycles. The van der Waals surface area contributed by atoms with Crippen LogP contribution in [0.1, 0.15) is 5.82 Å². The van der Waals surface area contributed by atoms with Crippen LogP contribution in [0.2, 0.25) is 10.0 Å². The number of amides is 1. The van der Waals surface area contributed by atoms with E-state index in [4.69, 9.17) is 27.9 Å². The maximum atomic E-state index is 12.3. The zero-order chi connectivity index (χ0) is 21.5. The Kier molecular flexibility index (Phi) is 8.21. The molecule has 0 atom stereocenters. The molecule has 3 rings (SSSR count). The van der Waals surface area contributed by atoms with E-state index >= 15 is 0 Å². The van der Waals surface area contributed by atoms with Crippen LogP contribution in [0.5, 0.6) is 5.75 Å². The normalized spacial score (nSPS) is 10.6. The average Bonchev–Trinajstić information content (AvgIpc) is 3.11. The number of carbonyl (C=O) groups excluding carboxylic acids is 1. The zero-order valence-electron chi connectivity index (χ0n) is 15.6. The second-order valence-corrected chi connectivity index (χ2v) is 8.65. The summed E-state index contributed by atoms with van der Waals surface area (Å²) in [4.78, 5) is 12.3. The van der Waals surface area contributed by atoms with Gasteiger partial charge in [-0.15, -0.1) is 16.8 Å². The first-order valence-corrected chi connectivity index (χ1v) is 11.3. The number of rotatable bonds is 9. The van der Waals surface area contributed by atoms with Crippen LogP contribution in [0.25, 0.3) is 0 Å². The highest BCUT2D eigenvalue weighted by Crippen LogP contribution is 2.30. The summed E-state index contributed by atoms with van der Waals surface area (Å²) >= 11 is 16.8. The number of halogens is 3. The monoisotopic (exact) mass is 526 g/mol. The Morgan fingerprint density at radius 1 is 1.20 bits per heavy atom. The van der Waals surface area contributed by atoms with E-state index in [-0.39, 0.29) is 18.3 Å². The standard InChI is InChI=1S/C20H17BrCl2N4O2S/c1-2-10-27-17(11-29-14-8-6-13(21)7-9-14)25-26-20(27)30-12-18(28)24-19-15(22)4-3-5-16(19)23/h2-9H,1,10-12H2,(H,24,28). The first kappa shape index (κ1) is 22.7. The number of thioether (sulfide) groups is 1. The third-order valence-corrected chi connectivity index (χ3v) is 5.97. The lowest BCUT2D eigenvalue weighted by molar-refractivity contribution is -0.113. The minimum Gasteiger partial charge on any atom is -0.486 e. The molecule has 3 aromatic rings. The van der Waals surface area contributed by atoms with E-state index in [0.29, 0.717) is 33.3 Å². The summed E-state index contributed by atoms with van der Waals surface area (Å²) < 4.78 is 8.61. The molecule has 156 valence electrons. The third-order valence-electron chi connectivity index (χ3n) is 3.85. The Morgan fingerprint density at radius 3 is 2.57 bits per heavy atom. The summed E-state index contributed by atoms with van der Waals surface area (Å²) in [5.74, 6) is 1.21. The van der Waals surface area contributed by atoms with Gasteiger partial charge in [-0.2, -0.15) is 0 Å². The minimum absolute atomic E-state index is 0.115. The molecular formula is C20H17BrCl2N4O2S. The molecule has 6 nitrogen and oxygen atoms in total. The molecule has 2 aromatic carbocycles. The number of nitrogens with zero attached hydrogens (tertiary/aromatic N) is 3. The molecule has 0 unspecified atom stereocenters. The predicted octanol–water partition coefficient (Wildman–Crippen LogP) is 5.84. The zero-order valence-corrected chi connectivity index (χ0v) is 19.6. The highest BCUT2D eigenvalue weighted by atomic mass is 79.9. The van der Waals surface area contributed by atoms with Crippen LogP contribution in [0.3, 0.4) is 0 Å². The fraction of sp³-hybridized carbons (Fsp3) is 0.150. The van der Waals surface area contributed by atoms with Gasteiger partial charge in [-0.3, -0.25) is 9.36 Å². The number of allylic oxidation sites excluding steroid dienone is 1. The van der Waals surface area contributed by atoms with Gasteiger partial charge in [0.15, 0.2) is 11.0 Å². The molecule has 0 saturated carbocycles. The fourth-order valence-corrected chi connectivity index (χ4v) is 3.97. The number of carbonyl (C=O) groups is 1. The van der Waals surface area contributed by atoms with Gasteiger partial charge in [-0.05, 0) is 36.4 Å². The van der Waals surface area contributed by atoms with Crippen molar-refractivity contribution in [3.63, 3.8) is 0 Å². The number of para-hydroxylation sites is 1. The molecule has 0 bridgehead atoms. The summed E-state index contributed by atoms with van der Waals surface area (Å²) in [5, 5.41) is 12.4. The van der Waals surface area contributed by atoms with Gasteiger partial charge < -0.3 is 10.1 Å². The number of hydrogen-bond donors (Lipinski definition) is 1. The van der Waals surface area contributed by atoms with Gasteiger partial charge in [0, 0.05) is 11.0 Å². The third kappa shape index (κ3) is 6.01. The van der Waals surface area contributed by atoms with Crippen LogP contribution in [0, 0.1) is 0 Å². The lowest BCUT2D eigenvalue weighted by Crippen LogP contribution is -2.15. The topological polar surface area (TPSA) is 69.0 Å². The van der Waals surface area contributed by atoms with Gasteiger partial charge in [0.2, 0.25) is 5.91 Å². The summed E-state index contributed by atoms with van der Waals surface area (Å²) in [6.07, 6.45) is 1.74. The quantitative estimate of drug-likeness (QED) is 0.279. The first-order valence-electron chi connectivity index (χ1n) is 8.76. The number of ether oxygens (including phenoxy) is 1. The molecule has 30 heavy (non-hydrogen) atoms. The van der Waals surface area contributed by atoms with Gasteiger partial charge in [-0.1, -0.05) is 63.0 Å². The molecule has 1 heterocycles. The smallest absolute Gasteiger partial charge is 0.234 e. The van der Waals surface area contributed by atoms with Crippen molar-refractivity contribution in [1.82, 2.24) is 14.8 Å². The SMILES string of the molecule is C=CCn1c(COc2ccc(Br)cc2)nnc1SCC(=O)Nc1c(Cl)cccc1Cl. The van der Waals surface area contributed by atoms with E-state index in [1.165, 1.54) is 11.8 Å². The molecule has 0 radical (unpaired) electrons. The van der Waals surface area contributed by atoms with Gasteiger partial charge in [0.05, 0.1) is 21.5 Å². The van der Waals surface area contributed by atoms with Crippen molar-refractivity contribution in [2.45, 2.75) is 18.3 Å². The highest BCUT2D eigenvalue weighted by molar-refractivity contribution is 9.10. The van der Waals surface area contributed by atoms with E-state index in [9.17, 15) is 4.79 Å². The first-order chi connectivity index (χ1) is 14.5. The number of aromatic nitrogens is 3. The molecule has 0 saturated heterocycles. The Balaban J connectivity index is 1.63. The molecular weight excluding hydrogens is 511 g/mol. The molecule has 10 heteroatoms. The number of hydrogen-bond acceptors (Lipinski definition) is 5. The van der Waals surface area contributed by atoms with E-state index in [0.717, 1.165) is 10.2 Å². The maximum absolute atomic E-state index is 12.3. The molecule has 1 aromatic heterocycles. The van der Waals surface area contributed by atoms with Gasteiger partial charge in [-0.25, -0.2) is 0 Å². The predicted molar refractivity (Wildman–Crippen MR) is 125 cm³/mol. The lowest BCUT2D eigenvalue weighted by Gasteiger charge is -2.10. The van der Waals surface area contributed by atoms with Crippen LogP contribution in [0.4, 0.5) is 5.69 Å². The number of benzene rings is 2. The van der Waals surface area contributed by atoms with Crippen molar-refractivity contribution in [1.29, 1.82) is 0 Å². The summed E-state index contributed by atoms with van der Waals surface area (Å²) in [5.41, 5.74) is 0.391. The second-order valence-electron chi connectivity index (χ2n) is 5.97.